The molecule has 0 aliphatic carbocycles. The van der Waals surface area contributed by atoms with Gasteiger partial charge < -0.3 is 15.9 Å². The standard InChI is InChI=1S/C3H11N2O2P/c4-3(7)2(1-6)5-8/h2-3,5-7H,1,4,8H2/t2-,3-/m0/s1. The molecule has 0 heterocycles. The predicted molar refractivity (Wildman–Crippen MR) is 33.9 cm³/mol. The van der Waals surface area contributed by atoms with Crippen molar-refractivity contribution in [3.63, 3.8) is 0 Å². The monoisotopic (exact) mass is 138 g/mol. The summed E-state index contributed by atoms with van der Waals surface area (Å²) in [6, 6.07) is -0.444. The van der Waals surface area contributed by atoms with E-state index in [1.165, 1.54) is 0 Å². The van der Waals surface area contributed by atoms with Gasteiger partial charge in [-0.2, -0.15) is 0 Å². The summed E-state index contributed by atoms with van der Waals surface area (Å²) in [5, 5.41) is 19.5. The fourth-order valence-corrected chi connectivity index (χ4v) is 0.562. The maximum atomic E-state index is 8.55. The van der Waals surface area contributed by atoms with Crippen molar-refractivity contribution >= 4 is 9.39 Å². The van der Waals surface area contributed by atoms with Crippen molar-refractivity contribution < 1.29 is 10.2 Å². The zero-order valence-electron chi connectivity index (χ0n) is 4.41. The molecule has 0 rings (SSSR count). The van der Waals surface area contributed by atoms with Gasteiger partial charge in [-0.05, 0) is 0 Å². The first-order chi connectivity index (χ1) is 3.72. The van der Waals surface area contributed by atoms with Crippen LogP contribution in [0.2, 0.25) is 0 Å². The summed E-state index contributed by atoms with van der Waals surface area (Å²) in [6.45, 7) is -0.166. The van der Waals surface area contributed by atoms with Gasteiger partial charge >= 0.3 is 0 Å². The minimum absolute atomic E-state index is 0.166. The molecule has 5 heteroatoms. The Hall–Kier alpha value is 0.270. The predicted octanol–water partition coefficient (Wildman–Crippen LogP) is -2.00. The van der Waals surface area contributed by atoms with E-state index in [1.54, 1.807) is 0 Å². The average Bonchev–Trinajstić information content (AvgIpc) is 1.69. The maximum absolute atomic E-state index is 8.55. The van der Waals surface area contributed by atoms with Gasteiger partial charge in [-0.25, -0.2) is 0 Å². The van der Waals surface area contributed by atoms with Gasteiger partial charge in [-0.1, -0.05) is 9.39 Å². The van der Waals surface area contributed by atoms with E-state index in [0.29, 0.717) is 0 Å². The number of aliphatic hydroxyl groups is 2. The van der Waals surface area contributed by atoms with Crippen molar-refractivity contribution in [3.05, 3.63) is 0 Å². The molecule has 0 aromatic rings. The van der Waals surface area contributed by atoms with E-state index in [1.807, 2.05) is 0 Å². The van der Waals surface area contributed by atoms with Crippen molar-refractivity contribution in [2.75, 3.05) is 6.61 Å². The molecule has 5 N–H and O–H groups in total. The Labute approximate surface area is 50.3 Å². The molecule has 0 fully saturated rings. The molecular weight excluding hydrogens is 127 g/mol. The van der Waals surface area contributed by atoms with E-state index in [-0.39, 0.29) is 6.61 Å². The number of hydrogen-bond acceptors (Lipinski definition) is 4. The molecular formula is C3H11N2O2P. The van der Waals surface area contributed by atoms with Gasteiger partial charge in [0.1, 0.15) is 6.23 Å². The molecule has 0 bridgehead atoms. The molecule has 8 heavy (non-hydrogen) atoms. The highest BCUT2D eigenvalue weighted by Gasteiger charge is 2.09. The van der Waals surface area contributed by atoms with Crippen molar-refractivity contribution in [1.82, 2.24) is 5.09 Å². The number of hydrogen-bond donors (Lipinski definition) is 4. The van der Waals surface area contributed by atoms with Crippen LogP contribution in [-0.4, -0.2) is 29.1 Å². The Balaban J connectivity index is 3.35. The number of nitrogens with one attached hydrogen (secondary N) is 1. The smallest absolute Gasteiger partial charge is 0.120 e. The van der Waals surface area contributed by atoms with E-state index in [0.717, 1.165) is 0 Å². The third kappa shape index (κ3) is 2.55. The molecule has 0 radical (unpaired) electrons. The van der Waals surface area contributed by atoms with Crippen LogP contribution in [0.15, 0.2) is 0 Å². The molecule has 3 atom stereocenters. The lowest BCUT2D eigenvalue weighted by molar-refractivity contribution is 0.108. The van der Waals surface area contributed by atoms with Crippen LogP contribution < -0.4 is 10.8 Å². The van der Waals surface area contributed by atoms with Crippen LogP contribution >= 0.6 is 9.39 Å². The van der Waals surface area contributed by atoms with E-state index >= 15 is 0 Å². The van der Waals surface area contributed by atoms with Gasteiger partial charge in [0.2, 0.25) is 0 Å². The molecule has 0 saturated carbocycles. The maximum Gasteiger partial charge on any atom is 0.120 e. The highest BCUT2D eigenvalue weighted by atomic mass is 31.0. The van der Waals surface area contributed by atoms with Crippen LogP contribution in [0.4, 0.5) is 0 Å². The van der Waals surface area contributed by atoms with Gasteiger partial charge in [-0.3, -0.25) is 5.09 Å². The van der Waals surface area contributed by atoms with Crippen LogP contribution in [0.3, 0.4) is 0 Å². The summed E-state index contributed by atoms with van der Waals surface area (Å²) in [5.74, 6) is 0. The van der Waals surface area contributed by atoms with Crippen LogP contribution in [0.25, 0.3) is 0 Å². The Morgan fingerprint density at radius 1 is 1.75 bits per heavy atom. The van der Waals surface area contributed by atoms with Gasteiger partial charge in [0.25, 0.3) is 0 Å². The van der Waals surface area contributed by atoms with Gasteiger partial charge in [0.05, 0.1) is 12.6 Å². The lowest BCUT2D eigenvalue weighted by Gasteiger charge is -2.14. The average molecular weight is 138 g/mol. The topological polar surface area (TPSA) is 78.5 Å². The lowest BCUT2D eigenvalue weighted by atomic mass is 10.3. The number of nitrogens with two attached hydrogens (primary N) is 1. The number of rotatable bonds is 3. The molecule has 0 saturated heterocycles. The van der Waals surface area contributed by atoms with Crippen molar-refractivity contribution in [2.45, 2.75) is 12.3 Å². The normalized spacial score (nSPS) is 18.0. The fraction of sp³-hybridized carbons (Fsp3) is 1.00. The highest BCUT2D eigenvalue weighted by molar-refractivity contribution is 7.13. The zero-order valence-corrected chi connectivity index (χ0v) is 5.57. The van der Waals surface area contributed by atoms with Gasteiger partial charge in [0, 0.05) is 0 Å². The summed E-state index contributed by atoms with van der Waals surface area (Å²) in [5.41, 5.74) is 4.98. The first-order valence-corrected chi connectivity index (χ1v) is 2.80. The van der Waals surface area contributed by atoms with E-state index in [9.17, 15) is 0 Å². The largest absolute Gasteiger partial charge is 0.395 e. The second-order valence-electron chi connectivity index (χ2n) is 1.45. The Kier molecular flexibility index (Phi) is 4.32. The van der Waals surface area contributed by atoms with Crippen molar-refractivity contribution in [3.8, 4) is 0 Å². The Morgan fingerprint density at radius 3 is 2.25 bits per heavy atom. The fourth-order valence-electron chi connectivity index (χ4n) is 0.259. The zero-order chi connectivity index (χ0) is 6.57. The lowest BCUT2D eigenvalue weighted by Crippen LogP contribution is -2.43. The molecule has 0 aromatic heterocycles. The van der Waals surface area contributed by atoms with E-state index < -0.39 is 12.3 Å². The third-order valence-electron chi connectivity index (χ3n) is 0.823. The minimum Gasteiger partial charge on any atom is -0.395 e. The molecule has 0 spiro atoms. The molecule has 1 unspecified atom stereocenters. The Morgan fingerprint density at radius 2 is 2.25 bits per heavy atom. The van der Waals surface area contributed by atoms with Crippen LogP contribution in [0, 0.1) is 0 Å². The van der Waals surface area contributed by atoms with E-state index in [2.05, 4.69) is 14.5 Å². The summed E-state index contributed by atoms with van der Waals surface area (Å²) in [4.78, 5) is 0. The van der Waals surface area contributed by atoms with Crippen LogP contribution in [-0.2, 0) is 0 Å². The van der Waals surface area contributed by atoms with E-state index in [4.69, 9.17) is 15.9 Å². The minimum atomic E-state index is -1.00. The first kappa shape index (κ1) is 8.27. The molecule has 0 amide bonds. The summed E-state index contributed by atoms with van der Waals surface area (Å²) < 4.78 is 0. The molecule has 0 aliphatic rings. The van der Waals surface area contributed by atoms with Gasteiger partial charge in [0.15, 0.2) is 0 Å². The third-order valence-corrected chi connectivity index (χ3v) is 1.25. The first-order valence-electron chi connectivity index (χ1n) is 2.23. The SMILES string of the molecule is N[C@@H](O)[C@H](CO)NP. The van der Waals surface area contributed by atoms with Crippen LogP contribution in [0.1, 0.15) is 0 Å². The molecule has 0 aromatic carbocycles. The molecule has 0 aliphatic heterocycles. The second-order valence-corrected chi connectivity index (χ2v) is 1.78. The van der Waals surface area contributed by atoms with Gasteiger partial charge in [-0.15, -0.1) is 0 Å². The molecule has 4 nitrogen and oxygen atoms in total. The highest BCUT2D eigenvalue weighted by Crippen LogP contribution is 1.86. The Bertz CT molecular complexity index is 57.2. The summed E-state index contributed by atoms with van der Waals surface area (Å²) in [6.07, 6.45) is -1.00. The summed E-state index contributed by atoms with van der Waals surface area (Å²) in [7, 11) is 2.16. The molecule has 50 valence electrons. The van der Waals surface area contributed by atoms with Crippen LogP contribution in [0.5, 0.6) is 0 Å². The quantitative estimate of drug-likeness (QED) is 0.269. The summed E-state index contributed by atoms with van der Waals surface area (Å²) >= 11 is 0. The second kappa shape index (κ2) is 4.18. The van der Waals surface area contributed by atoms with Crippen molar-refractivity contribution in [2.24, 2.45) is 5.73 Å². The number of aliphatic hydroxyl groups excluding tert-OH is 2. The van der Waals surface area contributed by atoms with Crippen molar-refractivity contribution in [1.29, 1.82) is 0 Å².